The SMILES string of the molecule is CCC1CCC(Oc2ccc(C3CCN(CCCCC(=O)O)CC3)cc2)CC1.CCOC(=O)CCCCN1CC=C(c2ccc(CC3CCC(CC)CC3)cc2)CC1. The van der Waals surface area contributed by atoms with E-state index in [1.807, 2.05) is 6.92 Å². The maximum atomic E-state index is 11.4. The number of carbonyl (C=O) groups is 2. The zero-order valence-corrected chi connectivity index (χ0v) is 36.6. The molecule has 0 atom stereocenters. The minimum absolute atomic E-state index is 0.0598. The molecule has 7 nitrogen and oxygen atoms in total. The molecule has 3 fully saturated rings. The highest BCUT2D eigenvalue weighted by Crippen LogP contribution is 2.34. The van der Waals surface area contributed by atoms with Crippen molar-refractivity contribution in [3.63, 3.8) is 0 Å². The summed E-state index contributed by atoms with van der Waals surface area (Å²) in [6.07, 6.45) is 25.6. The Balaban J connectivity index is 0.000000221. The van der Waals surface area contributed by atoms with Gasteiger partial charge in [0.2, 0.25) is 0 Å². The fourth-order valence-corrected chi connectivity index (χ4v) is 9.82. The van der Waals surface area contributed by atoms with Crippen molar-refractivity contribution in [2.45, 2.75) is 161 Å². The van der Waals surface area contributed by atoms with Crippen LogP contribution in [0.3, 0.4) is 0 Å². The predicted octanol–water partition coefficient (Wildman–Crippen LogP) is 11.7. The van der Waals surface area contributed by atoms with Crippen LogP contribution in [0.15, 0.2) is 54.6 Å². The molecule has 6 rings (SSSR count). The Morgan fingerprint density at radius 1 is 0.672 bits per heavy atom. The third-order valence-corrected chi connectivity index (χ3v) is 13.8. The average Bonchev–Trinajstić information content (AvgIpc) is 3.26. The first kappa shape index (κ1) is 45.9. The first-order chi connectivity index (χ1) is 28.3. The number of carbonyl (C=O) groups excluding carboxylic acids is 1. The molecule has 0 bridgehead atoms. The molecule has 0 spiro atoms. The molecule has 2 aromatic rings. The summed E-state index contributed by atoms with van der Waals surface area (Å²) >= 11 is 0. The highest BCUT2D eigenvalue weighted by Gasteiger charge is 2.24. The molecule has 2 aliphatic carbocycles. The Hall–Kier alpha value is -3.16. The summed E-state index contributed by atoms with van der Waals surface area (Å²) < 4.78 is 11.2. The quantitative estimate of drug-likeness (QED) is 0.112. The van der Waals surface area contributed by atoms with Gasteiger partial charge in [0.15, 0.2) is 0 Å². The summed E-state index contributed by atoms with van der Waals surface area (Å²) in [6.45, 7) is 13.5. The van der Waals surface area contributed by atoms with Gasteiger partial charge in [-0.1, -0.05) is 82.0 Å². The number of ether oxygens (including phenoxy) is 2. The monoisotopic (exact) mass is 799 g/mol. The van der Waals surface area contributed by atoms with Crippen LogP contribution in [0.1, 0.15) is 165 Å². The lowest BCUT2D eigenvalue weighted by atomic mass is 9.78. The highest BCUT2D eigenvalue weighted by molar-refractivity contribution is 5.69. The molecule has 0 amide bonds. The van der Waals surface area contributed by atoms with Crippen molar-refractivity contribution in [1.82, 2.24) is 9.80 Å². The van der Waals surface area contributed by atoms with Gasteiger partial charge in [-0.25, -0.2) is 0 Å². The van der Waals surface area contributed by atoms with E-state index in [0.717, 1.165) is 94.9 Å². The molecular formula is C51H78N2O5. The first-order valence-electron chi connectivity index (χ1n) is 23.7. The maximum Gasteiger partial charge on any atom is 0.305 e. The van der Waals surface area contributed by atoms with Crippen molar-refractivity contribution in [3.8, 4) is 5.75 Å². The number of rotatable bonds is 19. The van der Waals surface area contributed by atoms with Gasteiger partial charge in [-0.05, 0) is 181 Å². The molecule has 2 aliphatic heterocycles. The van der Waals surface area contributed by atoms with Crippen molar-refractivity contribution in [3.05, 3.63) is 71.3 Å². The topological polar surface area (TPSA) is 79.3 Å². The minimum atomic E-state index is -0.681. The Morgan fingerprint density at radius 2 is 1.28 bits per heavy atom. The second kappa shape index (κ2) is 25.5. The van der Waals surface area contributed by atoms with Crippen LogP contribution < -0.4 is 4.74 Å². The normalized spacial score (nSPS) is 23.3. The predicted molar refractivity (Wildman–Crippen MR) is 238 cm³/mol. The van der Waals surface area contributed by atoms with Crippen LogP contribution in [0.5, 0.6) is 5.75 Å². The van der Waals surface area contributed by atoms with Crippen molar-refractivity contribution < 1.29 is 24.2 Å². The number of piperidine rings is 1. The number of aliphatic carboxylic acids is 1. The molecule has 2 saturated carbocycles. The second-order valence-electron chi connectivity index (χ2n) is 17.9. The van der Waals surface area contributed by atoms with E-state index in [0.29, 0.717) is 31.5 Å². The first-order valence-corrected chi connectivity index (χ1v) is 23.7. The molecule has 0 aromatic heterocycles. The summed E-state index contributed by atoms with van der Waals surface area (Å²) in [7, 11) is 0. The number of carboxylic acids is 1. The van der Waals surface area contributed by atoms with Gasteiger partial charge in [-0.15, -0.1) is 0 Å². The van der Waals surface area contributed by atoms with Crippen LogP contribution in [0.25, 0.3) is 5.57 Å². The number of nitrogens with zero attached hydrogens (tertiary/aromatic N) is 2. The van der Waals surface area contributed by atoms with Crippen LogP contribution in [0.4, 0.5) is 0 Å². The minimum Gasteiger partial charge on any atom is -0.490 e. The molecule has 0 unspecified atom stereocenters. The average molecular weight is 799 g/mol. The van der Waals surface area contributed by atoms with Crippen molar-refractivity contribution in [2.24, 2.45) is 17.8 Å². The third kappa shape index (κ3) is 16.1. The van der Waals surface area contributed by atoms with Crippen LogP contribution >= 0.6 is 0 Å². The van der Waals surface area contributed by atoms with E-state index in [1.165, 1.54) is 106 Å². The van der Waals surface area contributed by atoms with Gasteiger partial charge in [0.1, 0.15) is 5.75 Å². The van der Waals surface area contributed by atoms with E-state index >= 15 is 0 Å². The number of carboxylic acid groups (broad SMARTS) is 1. The second-order valence-corrected chi connectivity index (χ2v) is 17.9. The van der Waals surface area contributed by atoms with Gasteiger partial charge < -0.3 is 19.5 Å². The smallest absolute Gasteiger partial charge is 0.305 e. The molecule has 7 heteroatoms. The van der Waals surface area contributed by atoms with Crippen molar-refractivity contribution in [2.75, 3.05) is 45.9 Å². The van der Waals surface area contributed by atoms with Crippen LogP contribution in [-0.4, -0.2) is 78.8 Å². The zero-order chi connectivity index (χ0) is 41.0. The van der Waals surface area contributed by atoms with E-state index < -0.39 is 5.97 Å². The molecule has 322 valence electrons. The fraction of sp³-hybridized carbons (Fsp3) is 0.686. The Bertz CT molecular complexity index is 1480. The number of unbranched alkanes of at least 4 members (excludes halogenated alkanes) is 2. The van der Waals surface area contributed by atoms with Gasteiger partial charge in [0, 0.05) is 25.9 Å². The molecule has 2 aromatic carbocycles. The van der Waals surface area contributed by atoms with E-state index in [9.17, 15) is 9.59 Å². The van der Waals surface area contributed by atoms with Crippen LogP contribution in [0.2, 0.25) is 0 Å². The molecule has 1 saturated heterocycles. The number of hydrogen-bond acceptors (Lipinski definition) is 6. The molecule has 58 heavy (non-hydrogen) atoms. The van der Waals surface area contributed by atoms with E-state index in [1.54, 1.807) is 0 Å². The lowest BCUT2D eigenvalue weighted by Crippen LogP contribution is -2.33. The molecule has 1 N–H and O–H groups in total. The van der Waals surface area contributed by atoms with Gasteiger partial charge in [-0.2, -0.15) is 0 Å². The van der Waals surface area contributed by atoms with E-state index in [2.05, 4.69) is 78.3 Å². The number of likely N-dealkylation sites (tertiary alicyclic amines) is 1. The molecular weight excluding hydrogens is 721 g/mol. The van der Waals surface area contributed by atoms with Crippen molar-refractivity contribution in [1.29, 1.82) is 0 Å². The molecule has 0 radical (unpaired) electrons. The Labute approximate surface area is 352 Å². The van der Waals surface area contributed by atoms with Gasteiger partial charge in [0.25, 0.3) is 0 Å². The third-order valence-electron chi connectivity index (χ3n) is 13.8. The summed E-state index contributed by atoms with van der Waals surface area (Å²) in [4.78, 5) is 27.0. The Morgan fingerprint density at radius 3 is 1.86 bits per heavy atom. The standard InChI is InChI=1S/C27H41NO2.C24H37NO3/c1-3-22-8-10-23(11-9-22)21-24-12-14-25(15-13-24)26-16-19-28(20-17-26)18-6-5-7-27(29)30-4-2;1-2-19-6-10-22(11-7-19)28-23-12-8-20(9-13-23)21-14-17-25(18-15-21)16-4-3-5-24(26)27/h12-16,22-23H,3-11,17-21H2,1-2H3;8-9,12-13,19,21-22H,2-7,10-11,14-18H2,1H3,(H,26,27). The number of esters is 1. The summed E-state index contributed by atoms with van der Waals surface area (Å²) in [5, 5.41) is 8.72. The van der Waals surface area contributed by atoms with E-state index in [4.69, 9.17) is 14.6 Å². The largest absolute Gasteiger partial charge is 0.490 e. The van der Waals surface area contributed by atoms with Crippen LogP contribution in [-0.2, 0) is 20.7 Å². The molecule has 4 aliphatic rings. The Kier molecular flexibility index (Phi) is 20.2. The summed E-state index contributed by atoms with van der Waals surface area (Å²) in [5.74, 6) is 3.72. The number of hydrogen-bond donors (Lipinski definition) is 1. The van der Waals surface area contributed by atoms with Gasteiger partial charge in [-0.3, -0.25) is 14.5 Å². The summed E-state index contributed by atoms with van der Waals surface area (Å²) in [5.41, 5.74) is 5.84. The maximum absolute atomic E-state index is 11.4. The lowest BCUT2D eigenvalue weighted by molar-refractivity contribution is -0.143. The van der Waals surface area contributed by atoms with Crippen LogP contribution in [0, 0.1) is 17.8 Å². The van der Waals surface area contributed by atoms with E-state index in [-0.39, 0.29) is 5.97 Å². The van der Waals surface area contributed by atoms with Gasteiger partial charge >= 0.3 is 11.9 Å². The number of benzene rings is 2. The highest BCUT2D eigenvalue weighted by atomic mass is 16.5. The summed E-state index contributed by atoms with van der Waals surface area (Å²) in [6, 6.07) is 18.3. The van der Waals surface area contributed by atoms with Gasteiger partial charge in [0.05, 0.1) is 12.7 Å². The zero-order valence-electron chi connectivity index (χ0n) is 36.6. The molecule has 2 heterocycles. The fourth-order valence-electron chi connectivity index (χ4n) is 9.82. The lowest BCUT2D eigenvalue weighted by Gasteiger charge is -2.32. The van der Waals surface area contributed by atoms with Crippen molar-refractivity contribution >= 4 is 17.5 Å².